The Labute approximate surface area is 223 Å². The third-order valence-electron chi connectivity index (χ3n) is 6.09. The van der Waals surface area contributed by atoms with Crippen LogP contribution in [-0.2, 0) is 37.9 Å². The Morgan fingerprint density at radius 3 is 2.00 bits per heavy atom. The molecule has 1 N–H and O–H groups in total. The van der Waals surface area contributed by atoms with Crippen molar-refractivity contribution in [2.24, 2.45) is 0 Å². The van der Waals surface area contributed by atoms with Crippen LogP contribution in [0.3, 0.4) is 0 Å². The molecule has 1 fully saturated rings. The standard InChI is InChI=1S/C26H29ClN2O6S2/c1-34-23-10-6-21(7-11-23)19-29(18-20-4-8-22(27)9-5-20)37(32,33)26-14-12-25(13-15-26)36(30,31)28-17-24-3-2-16-35-24/h4-15,24,28H,2-3,16-19H2,1H3. The van der Waals surface area contributed by atoms with Crippen molar-refractivity contribution in [1.29, 1.82) is 0 Å². The Hall–Kier alpha value is -2.47. The van der Waals surface area contributed by atoms with Crippen molar-refractivity contribution in [3.05, 3.63) is 88.9 Å². The molecule has 0 saturated carbocycles. The quantitative estimate of drug-likeness (QED) is 0.374. The molecule has 0 spiro atoms. The minimum absolute atomic E-state index is 0.00643. The van der Waals surface area contributed by atoms with Crippen LogP contribution in [0.5, 0.6) is 5.75 Å². The van der Waals surface area contributed by atoms with E-state index in [9.17, 15) is 16.8 Å². The fraction of sp³-hybridized carbons (Fsp3) is 0.308. The van der Waals surface area contributed by atoms with Crippen LogP contribution >= 0.6 is 11.6 Å². The van der Waals surface area contributed by atoms with Crippen molar-refractivity contribution in [1.82, 2.24) is 9.03 Å². The zero-order valence-corrected chi connectivity index (χ0v) is 22.7. The third-order valence-corrected chi connectivity index (χ3v) is 9.58. The average Bonchev–Trinajstić information content (AvgIpc) is 3.43. The number of nitrogens with zero attached hydrogens (tertiary/aromatic N) is 1. The molecule has 8 nitrogen and oxygen atoms in total. The number of hydrogen-bond donors (Lipinski definition) is 1. The second kappa shape index (κ2) is 11.9. The van der Waals surface area contributed by atoms with Crippen molar-refractivity contribution in [2.45, 2.75) is 41.8 Å². The first-order valence-corrected chi connectivity index (χ1v) is 15.1. The van der Waals surface area contributed by atoms with E-state index in [1.54, 1.807) is 55.6 Å². The molecule has 37 heavy (non-hydrogen) atoms. The molecule has 0 radical (unpaired) electrons. The van der Waals surface area contributed by atoms with E-state index in [-0.39, 0.29) is 35.5 Å². The molecule has 3 aromatic carbocycles. The summed E-state index contributed by atoms with van der Waals surface area (Å²) >= 11 is 6.00. The lowest BCUT2D eigenvalue weighted by atomic mass is 10.2. The second-order valence-electron chi connectivity index (χ2n) is 8.71. The SMILES string of the molecule is COc1ccc(CN(Cc2ccc(Cl)cc2)S(=O)(=O)c2ccc(S(=O)(=O)NCC3CCCO3)cc2)cc1. The van der Waals surface area contributed by atoms with Crippen LogP contribution in [0.25, 0.3) is 0 Å². The summed E-state index contributed by atoms with van der Waals surface area (Å²) in [5, 5.41) is 0.554. The van der Waals surface area contributed by atoms with E-state index < -0.39 is 20.0 Å². The smallest absolute Gasteiger partial charge is 0.243 e. The van der Waals surface area contributed by atoms with Gasteiger partial charge in [-0.1, -0.05) is 35.9 Å². The summed E-state index contributed by atoms with van der Waals surface area (Å²) in [4.78, 5) is -0.0168. The Balaban J connectivity index is 1.57. The molecule has 1 aliphatic heterocycles. The Morgan fingerprint density at radius 2 is 1.46 bits per heavy atom. The summed E-state index contributed by atoms with van der Waals surface area (Å²) in [7, 11) is -6.21. The van der Waals surface area contributed by atoms with Crippen LogP contribution in [0, 0.1) is 0 Å². The summed E-state index contributed by atoms with van der Waals surface area (Å²) in [6.07, 6.45) is 1.56. The van der Waals surface area contributed by atoms with Crippen molar-refractivity contribution in [2.75, 3.05) is 20.3 Å². The molecule has 0 aliphatic carbocycles. The van der Waals surface area contributed by atoms with Crippen molar-refractivity contribution < 1.29 is 26.3 Å². The average molecular weight is 565 g/mol. The third kappa shape index (κ3) is 7.10. The fourth-order valence-electron chi connectivity index (χ4n) is 3.99. The number of ether oxygens (including phenoxy) is 2. The first-order valence-electron chi connectivity index (χ1n) is 11.8. The molecular formula is C26H29ClN2O6S2. The molecule has 1 saturated heterocycles. The van der Waals surface area contributed by atoms with Gasteiger partial charge in [0.05, 0.1) is 23.0 Å². The highest BCUT2D eigenvalue weighted by Crippen LogP contribution is 2.24. The number of sulfonamides is 2. The summed E-state index contributed by atoms with van der Waals surface area (Å²) < 4.78 is 67.3. The van der Waals surface area contributed by atoms with Gasteiger partial charge in [0, 0.05) is 31.3 Å². The molecule has 0 amide bonds. The minimum Gasteiger partial charge on any atom is -0.497 e. The molecular weight excluding hydrogens is 536 g/mol. The maximum absolute atomic E-state index is 13.7. The van der Waals surface area contributed by atoms with Crippen LogP contribution in [0.4, 0.5) is 0 Å². The Morgan fingerprint density at radius 1 is 0.892 bits per heavy atom. The van der Waals surface area contributed by atoms with Crippen LogP contribution in [0.1, 0.15) is 24.0 Å². The van der Waals surface area contributed by atoms with Crippen molar-refractivity contribution in [3.63, 3.8) is 0 Å². The van der Waals surface area contributed by atoms with Crippen molar-refractivity contribution in [3.8, 4) is 5.75 Å². The molecule has 4 rings (SSSR count). The van der Waals surface area contributed by atoms with Gasteiger partial charge >= 0.3 is 0 Å². The van der Waals surface area contributed by atoms with Gasteiger partial charge < -0.3 is 9.47 Å². The minimum atomic E-state index is -3.98. The number of halogens is 1. The molecule has 1 aliphatic rings. The van der Waals surface area contributed by atoms with E-state index in [4.69, 9.17) is 21.1 Å². The Kier molecular flexibility index (Phi) is 8.89. The van der Waals surface area contributed by atoms with Gasteiger partial charge in [-0.15, -0.1) is 0 Å². The molecule has 0 aromatic heterocycles. The molecule has 11 heteroatoms. The van der Waals surface area contributed by atoms with Crippen LogP contribution in [0.15, 0.2) is 82.6 Å². The summed E-state index contributed by atoms with van der Waals surface area (Å²) in [6, 6.07) is 19.3. The van der Waals surface area contributed by atoms with Gasteiger partial charge in [0.1, 0.15) is 5.75 Å². The van der Waals surface area contributed by atoms with Gasteiger partial charge in [0.2, 0.25) is 20.0 Å². The van der Waals surface area contributed by atoms with Crippen LogP contribution in [0.2, 0.25) is 5.02 Å². The summed E-state index contributed by atoms with van der Waals surface area (Å²) in [6.45, 7) is 1.02. The first kappa shape index (κ1) is 27.6. The molecule has 198 valence electrons. The maximum atomic E-state index is 13.7. The largest absolute Gasteiger partial charge is 0.497 e. The molecule has 0 bridgehead atoms. The lowest BCUT2D eigenvalue weighted by Gasteiger charge is -2.23. The van der Waals surface area contributed by atoms with Gasteiger partial charge in [0.25, 0.3) is 0 Å². The summed E-state index contributed by atoms with van der Waals surface area (Å²) in [5.74, 6) is 0.667. The number of nitrogens with one attached hydrogen (secondary N) is 1. The topological polar surface area (TPSA) is 102 Å². The predicted molar refractivity (Wildman–Crippen MR) is 141 cm³/mol. The van der Waals surface area contributed by atoms with Crippen molar-refractivity contribution >= 4 is 31.6 Å². The number of hydrogen-bond acceptors (Lipinski definition) is 6. The second-order valence-corrected chi connectivity index (χ2v) is 12.8. The zero-order valence-electron chi connectivity index (χ0n) is 20.3. The highest BCUT2D eigenvalue weighted by Gasteiger charge is 2.26. The maximum Gasteiger partial charge on any atom is 0.243 e. The summed E-state index contributed by atoms with van der Waals surface area (Å²) in [5.41, 5.74) is 1.54. The van der Waals surface area contributed by atoms with Gasteiger partial charge in [-0.2, -0.15) is 4.31 Å². The van der Waals surface area contributed by atoms with Crippen LogP contribution in [-0.4, -0.2) is 47.5 Å². The number of rotatable bonds is 11. The van der Waals surface area contributed by atoms with E-state index >= 15 is 0 Å². The molecule has 1 heterocycles. The van der Waals surface area contributed by atoms with Crippen LogP contribution < -0.4 is 9.46 Å². The van der Waals surface area contributed by atoms with E-state index in [1.807, 2.05) is 0 Å². The number of benzene rings is 3. The van der Waals surface area contributed by atoms with Gasteiger partial charge in [-0.25, -0.2) is 21.6 Å². The lowest BCUT2D eigenvalue weighted by molar-refractivity contribution is 0.114. The Bertz CT molecular complexity index is 1390. The highest BCUT2D eigenvalue weighted by molar-refractivity contribution is 7.89. The fourth-order valence-corrected chi connectivity index (χ4v) is 6.59. The zero-order chi connectivity index (χ0) is 26.5. The first-order chi connectivity index (χ1) is 17.7. The molecule has 1 unspecified atom stereocenters. The van der Waals surface area contributed by atoms with Gasteiger partial charge in [-0.3, -0.25) is 0 Å². The number of methoxy groups -OCH3 is 1. The lowest BCUT2D eigenvalue weighted by Crippen LogP contribution is -2.32. The highest BCUT2D eigenvalue weighted by atomic mass is 35.5. The van der Waals surface area contributed by atoms with E-state index in [2.05, 4.69) is 4.72 Å². The normalized spacial score (nSPS) is 16.2. The van der Waals surface area contributed by atoms with Gasteiger partial charge in [0.15, 0.2) is 0 Å². The monoisotopic (exact) mass is 564 g/mol. The molecule has 3 aromatic rings. The molecule has 1 atom stereocenters. The van der Waals surface area contributed by atoms with E-state index in [0.717, 1.165) is 24.0 Å². The van der Waals surface area contributed by atoms with E-state index in [1.165, 1.54) is 28.6 Å². The van der Waals surface area contributed by atoms with Gasteiger partial charge in [-0.05, 0) is 72.5 Å². The van der Waals surface area contributed by atoms with E-state index in [0.29, 0.717) is 17.4 Å². The predicted octanol–water partition coefficient (Wildman–Crippen LogP) is 4.20.